The third-order valence-electron chi connectivity index (χ3n) is 4.04. The van der Waals surface area contributed by atoms with E-state index in [-0.39, 0.29) is 24.8 Å². The number of rotatable bonds is 15. The molecule has 11 nitrogen and oxygen atoms in total. The number of nitrogens with one attached hydrogen (secondary N) is 3. The number of unbranched alkanes of at least 4 members (excludes halogenated alkanes) is 3. The Morgan fingerprint density at radius 2 is 1.52 bits per heavy atom. The van der Waals surface area contributed by atoms with Crippen molar-refractivity contribution in [2.24, 2.45) is 5.41 Å². The van der Waals surface area contributed by atoms with Gasteiger partial charge in [0, 0.05) is 38.4 Å². The number of phosphoric ester groups is 1. The molecule has 0 saturated heterocycles. The van der Waals surface area contributed by atoms with Gasteiger partial charge in [-0.1, -0.05) is 26.7 Å². The molecule has 0 aliphatic heterocycles. The number of carbonyl (C=O) groups is 3. The Kier molecular flexibility index (Phi) is 12.9. The fourth-order valence-corrected chi connectivity index (χ4v) is 2.77. The van der Waals surface area contributed by atoms with E-state index in [2.05, 4.69) is 20.5 Å². The summed E-state index contributed by atoms with van der Waals surface area (Å²) in [5.41, 5.74) is -1.23. The van der Waals surface area contributed by atoms with E-state index in [0.717, 1.165) is 25.7 Å². The zero-order chi connectivity index (χ0) is 22.5. The molecule has 0 aromatic rings. The highest BCUT2D eigenvalue weighted by molar-refractivity contribution is 7.46. The van der Waals surface area contributed by atoms with Crippen LogP contribution in [0.1, 0.15) is 52.9 Å². The molecule has 0 fully saturated rings. The van der Waals surface area contributed by atoms with Crippen molar-refractivity contribution in [2.75, 3.05) is 26.2 Å². The molecule has 0 rings (SSSR count). The molecular formula is C17H34N3O8P. The lowest BCUT2D eigenvalue weighted by Crippen LogP contribution is -2.46. The van der Waals surface area contributed by atoms with Crippen LogP contribution in [0.25, 0.3) is 0 Å². The summed E-state index contributed by atoms with van der Waals surface area (Å²) >= 11 is 0. The van der Waals surface area contributed by atoms with Crippen LogP contribution in [0.2, 0.25) is 0 Å². The van der Waals surface area contributed by atoms with Crippen molar-refractivity contribution in [3.8, 4) is 0 Å². The predicted molar refractivity (Wildman–Crippen MR) is 106 cm³/mol. The first-order chi connectivity index (χ1) is 13.3. The lowest BCUT2D eigenvalue weighted by molar-refractivity contribution is -0.137. The fraction of sp³-hybridized carbons (Fsp3) is 0.824. The highest BCUT2D eigenvalue weighted by atomic mass is 31.2. The highest BCUT2D eigenvalue weighted by Crippen LogP contribution is 2.38. The zero-order valence-electron chi connectivity index (χ0n) is 17.3. The van der Waals surface area contributed by atoms with E-state index >= 15 is 0 Å². The second-order valence-corrected chi connectivity index (χ2v) is 8.68. The van der Waals surface area contributed by atoms with Crippen molar-refractivity contribution in [1.29, 1.82) is 0 Å². The second-order valence-electron chi connectivity index (χ2n) is 7.44. The Balaban J connectivity index is 3.90. The molecule has 0 aromatic carbocycles. The summed E-state index contributed by atoms with van der Waals surface area (Å²) in [5.74, 6) is -1.03. The van der Waals surface area contributed by atoms with Crippen LogP contribution in [0.15, 0.2) is 0 Å². The SMILES string of the molecule is CC(=O)NCCCCCCNC(=O)CCNC(=O)[C@H](O)C(C)(C)COP(=O)(O)O. The maximum Gasteiger partial charge on any atom is 0.469 e. The summed E-state index contributed by atoms with van der Waals surface area (Å²) in [5, 5.41) is 17.9. The van der Waals surface area contributed by atoms with Gasteiger partial charge in [0.05, 0.1) is 6.61 Å². The van der Waals surface area contributed by atoms with E-state index < -0.39 is 31.9 Å². The molecule has 0 aliphatic rings. The Hall–Kier alpha value is -1.52. The Bertz CT molecular complexity index is 579. The minimum Gasteiger partial charge on any atom is -0.383 e. The first-order valence-corrected chi connectivity index (χ1v) is 11.0. The highest BCUT2D eigenvalue weighted by Gasteiger charge is 2.35. The topological polar surface area (TPSA) is 174 Å². The standard InChI is InChI=1S/C17H34N3O8P/c1-13(21)18-9-6-4-5-7-10-19-14(22)8-11-20-16(24)15(23)17(2,3)12-28-29(25,26)27/h15,23H,4-12H2,1-3H3,(H,18,21)(H,19,22)(H,20,24)(H2,25,26,27)/t15-/m0/s1. The molecule has 0 unspecified atom stereocenters. The van der Waals surface area contributed by atoms with Crippen LogP contribution in [0, 0.1) is 5.41 Å². The summed E-state index contributed by atoms with van der Waals surface area (Å²) in [7, 11) is -4.70. The minimum atomic E-state index is -4.70. The van der Waals surface area contributed by atoms with Crippen LogP contribution >= 0.6 is 7.82 Å². The Labute approximate surface area is 171 Å². The molecular weight excluding hydrogens is 405 g/mol. The van der Waals surface area contributed by atoms with Crippen LogP contribution in [0.4, 0.5) is 0 Å². The first-order valence-electron chi connectivity index (χ1n) is 9.52. The van der Waals surface area contributed by atoms with Crippen molar-refractivity contribution in [1.82, 2.24) is 16.0 Å². The van der Waals surface area contributed by atoms with Crippen molar-refractivity contribution < 1.29 is 38.4 Å². The number of aliphatic hydroxyl groups is 1. The van der Waals surface area contributed by atoms with Gasteiger partial charge < -0.3 is 30.8 Å². The largest absolute Gasteiger partial charge is 0.469 e. The summed E-state index contributed by atoms with van der Waals surface area (Å²) < 4.78 is 15.1. The van der Waals surface area contributed by atoms with Gasteiger partial charge in [-0.2, -0.15) is 0 Å². The van der Waals surface area contributed by atoms with Crippen LogP contribution < -0.4 is 16.0 Å². The second kappa shape index (κ2) is 13.7. The number of carbonyl (C=O) groups excluding carboxylic acids is 3. The van der Waals surface area contributed by atoms with Gasteiger partial charge in [0.2, 0.25) is 17.7 Å². The van der Waals surface area contributed by atoms with Gasteiger partial charge in [0.1, 0.15) is 6.10 Å². The van der Waals surface area contributed by atoms with Crippen molar-refractivity contribution in [3.63, 3.8) is 0 Å². The number of phosphoric acid groups is 1. The molecule has 0 heterocycles. The van der Waals surface area contributed by atoms with Gasteiger partial charge in [0.15, 0.2) is 0 Å². The summed E-state index contributed by atoms with van der Waals surface area (Å²) in [6.07, 6.45) is 2.05. The predicted octanol–water partition coefficient (Wildman–Crippen LogP) is -0.198. The van der Waals surface area contributed by atoms with Crippen LogP contribution in [0.3, 0.4) is 0 Å². The molecule has 12 heteroatoms. The third kappa shape index (κ3) is 15.0. The van der Waals surface area contributed by atoms with E-state index in [1.165, 1.54) is 20.8 Å². The first kappa shape index (κ1) is 27.5. The number of hydrogen-bond donors (Lipinski definition) is 6. The zero-order valence-corrected chi connectivity index (χ0v) is 18.2. The number of hydrogen-bond acceptors (Lipinski definition) is 6. The van der Waals surface area contributed by atoms with Gasteiger partial charge in [0.25, 0.3) is 0 Å². The molecule has 29 heavy (non-hydrogen) atoms. The molecule has 0 bridgehead atoms. The fourth-order valence-electron chi connectivity index (χ4n) is 2.26. The number of amides is 3. The van der Waals surface area contributed by atoms with Crippen molar-refractivity contribution in [2.45, 2.75) is 59.0 Å². The summed E-state index contributed by atoms with van der Waals surface area (Å²) in [6.45, 7) is 4.99. The maximum atomic E-state index is 12.0. The summed E-state index contributed by atoms with van der Waals surface area (Å²) in [4.78, 5) is 51.8. The third-order valence-corrected chi connectivity index (χ3v) is 4.51. The van der Waals surface area contributed by atoms with E-state index in [1.807, 2.05) is 0 Å². The van der Waals surface area contributed by atoms with Crippen molar-refractivity contribution >= 4 is 25.5 Å². The monoisotopic (exact) mass is 439 g/mol. The lowest BCUT2D eigenvalue weighted by atomic mass is 9.87. The van der Waals surface area contributed by atoms with Gasteiger partial charge in [-0.25, -0.2) is 4.57 Å². The quantitative estimate of drug-likeness (QED) is 0.150. The average Bonchev–Trinajstić information content (AvgIpc) is 2.60. The van der Waals surface area contributed by atoms with Crippen LogP contribution in [-0.2, 0) is 23.5 Å². The van der Waals surface area contributed by atoms with Gasteiger partial charge >= 0.3 is 7.82 Å². The Morgan fingerprint density at radius 3 is 2.03 bits per heavy atom. The maximum absolute atomic E-state index is 12.0. The van der Waals surface area contributed by atoms with E-state index in [1.54, 1.807) is 0 Å². The lowest BCUT2D eigenvalue weighted by Gasteiger charge is -2.29. The molecule has 0 aromatic heterocycles. The molecule has 1 atom stereocenters. The minimum absolute atomic E-state index is 0.0217. The summed E-state index contributed by atoms with van der Waals surface area (Å²) in [6, 6.07) is 0. The normalized spacial score (nSPS) is 12.9. The smallest absolute Gasteiger partial charge is 0.383 e. The number of aliphatic hydroxyl groups excluding tert-OH is 1. The molecule has 3 amide bonds. The Morgan fingerprint density at radius 1 is 0.966 bits per heavy atom. The van der Waals surface area contributed by atoms with E-state index in [4.69, 9.17) is 9.79 Å². The molecule has 0 saturated carbocycles. The van der Waals surface area contributed by atoms with Crippen LogP contribution in [0.5, 0.6) is 0 Å². The van der Waals surface area contributed by atoms with E-state index in [0.29, 0.717) is 13.1 Å². The molecule has 170 valence electrons. The van der Waals surface area contributed by atoms with Crippen LogP contribution in [-0.4, -0.2) is 65.0 Å². The molecule has 0 aliphatic carbocycles. The van der Waals surface area contributed by atoms with Gasteiger partial charge in [-0.15, -0.1) is 0 Å². The molecule has 0 radical (unpaired) electrons. The van der Waals surface area contributed by atoms with Gasteiger partial charge in [-0.05, 0) is 12.8 Å². The molecule has 0 spiro atoms. The van der Waals surface area contributed by atoms with Crippen molar-refractivity contribution in [3.05, 3.63) is 0 Å². The molecule has 6 N–H and O–H groups in total. The van der Waals surface area contributed by atoms with Gasteiger partial charge in [-0.3, -0.25) is 18.9 Å². The van der Waals surface area contributed by atoms with E-state index in [9.17, 15) is 24.1 Å². The average molecular weight is 439 g/mol.